The highest BCUT2D eigenvalue weighted by Gasteiger charge is 2.20. The highest BCUT2D eigenvalue weighted by Crippen LogP contribution is 2.35. The summed E-state index contributed by atoms with van der Waals surface area (Å²) in [5.41, 5.74) is 2.07. The number of carbonyl (C=O) groups is 1. The van der Waals surface area contributed by atoms with Gasteiger partial charge in [0, 0.05) is 11.3 Å². The van der Waals surface area contributed by atoms with Crippen molar-refractivity contribution in [2.24, 2.45) is 0 Å². The zero-order valence-electron chi connectivity index (χ0n) is 10.3. The van der Waals surface area contributed by atoms with Gasteiger partial charge < -0.3 is 0 Å². The van der Waals surface area contributed by atoms with Crippen LogP contribution in [-0.4, -0.2) is 21.1 Å². The average Bonchev–Trinajstić information content (AvgIpc) is 3.11. The fourth-order valence-corrected chi connectivity index (χ4v) is 3.72. The molecule has 0 radical (unpaired) electrons. The van der Waals surface area contributed by atoms with Gasteiger partial charge in [-0.1, -0.05) is 30.6 Å². The van der Waals surface area contributed by atoms with Gasteiger partial charge in [-0.2, -0.15) is 0 Å². The first-order valence-corrected chi connectivity index (χ1v) is 8.12. The molecule has 2 aromatic rings. The van der Waals surface area contributed by atoms with E-state index in [0.717, 1.165) is 5.01 Å². The molecule has 1 aliphatic carbocycles. The lowest BCUT2D eigenvalue weighted by Gasteiger charge is -2.18. The van der Waals surface area contributed by atoms with Crippen LogP contribution in [0.2, 0.25) is 0 Å². The minimum Gasteiger partial charge on any atom is -0.295 e. The van der Waals surface area contributed by atoms with Gasteiger partial charge in [0.15, 0.2) is 0 Å². The molecule has 0 spiro atoms. The monoisotopic (exact) mass is 294 g/mol. The lowest BCUT2D eigenvalue weighted by atomic mass is 9.90. The molecule has 100 valence electrons. The average molecular weight is 294 g/mol. The predicted molar refractivity (Wildman–Crippen MR) is 75.8 cm³/mol. The molecule has 1 aliphatic rings. The van der Waals surface area contributed by atoms with E-state index in [1.807, 2.05) is 0 Å². The quantitative estimate of drug-likeness (QED) is 0.943. The number of hydrogen-bond donors (Lipinski definition) is 1. The Balaban J connectivity index is 1.66. The molecule has 1 amide bonds. The molecule has 0 bridgehead atoms. The molecule has 0 aromatic carbocycles. The maximum atomic E-state index is 11.8. The predicted octanol–water partition coefficient (Wildman–Crippen LogP) is 3.29. The maximum Gasteiger partial charge on any atom is 0.276 e. The van der Waals surface area contributed by atoms with Crippen molar-refractivity contribution in [1.82, 2.24) is 15.2 Å². The Bertz CT molecular complexity index is 546. The molecule has 1 fully saturated rings. The van der Waals surface area contributed by atoms with Crippen molar-refractivity contribution in [2.75, 3.05) is 5.32 Å². The van der Waals surface area contributed by atoms with Crippen molar-refractivity contribution in [3.05, 3.63) is 21.6 Å². The molecule has 5 nitrogen and oxygen atoms in total. The van der Waals surface area contributed by atoms with Crippen LogP contribution in [0.25, 0.3) is 0 Å². The normalized spacial score (nSPS) is 16.4. The van der Waals surface area contributed by atoms with Crippen LogP contribution in [0.1, 0.15) is 53.5 Å². The number of nitrogens with zero attached hydrogens (tertiary/aromatic N) is 3. The van der Waals surface area contributed by atoms with Crippen LogP contribution in [-0.2, 0) is 0 Å². The van der Waals surface area contributed by atoms with E-state index in [0.29, 0.717) is 16.7 Å². The molecule has 3 rings (SSSR count). The SMILES string of the molecule is O=C(Nc1nnc(C2CCCCC2)s1)c1cscn1. The van der Waals surface area contributed by atoms with Crippen LogP contribution >= 0.6 is 22.7 Å². The zero-order valence-corrected chi connectivity index (χ0v) is 12.0. The van der Waals surface area contributed by atoms with Gasteiger partial charge in [0.1, 0.15) is 10.7 Å². The summed E-state index contributed by atoms with van der Waals surface area (Å²) in [5, 5.41) is 14.4. The molecular formula is C12H14N4OS2. The van der Waals surface area contributed by atoms with E-state index < -0.39 is 0 Å². The summed E-state index contributed by atoms with van der Waals surface area (Å²) in [7, 11) is 0. The second-order valence-electron chi connectivity index (χ2n) is 4.61. The lowest BCUT2D eigenvalue weighted by Crippen LogP contribution is -2.11. The van der Waals surface area contributed by atoms with Gasteiger partial charge in [0.25, 0.3) is 5.91 Å². The summed E-state index contributed by atoms with van der Waals surface area (Å²) < 4.78 is 0. The third kappa shape index (κ3) is 2.98. The van der Waals surface area contributed by atoms with Gasteiger partial charge in [-0.15, -0.1) is 21.5 Å². The molecule has 19 heavy (non-hydrogen) atoms. The van der Waals surface area contributed by atoms with Gasteiger partial charge >= 0.3 is 0 Å². The fraction of sp³-hybridized carbons (Fsp3) is 0.500. The summed E-state index contributed by atoms with van der Waals surface area (Å²) >= 11 is 2.89. The molecule has 1 N–H and O–H groups in total. The molecule has 0 aliphatic heterocycles. The Kier molecular flexibility index (Phi) is 3.84. The second kappa shape index (κ2) is 5.75. The van der Waals surface area contributed by atoms with E-state index >= 15 is 0 Å². The number of thiazole rings is 1. The molecule has 1 saturated carbocycles. The molecule has 0 unspecified atom stereocenters. The van der Waals surface area contributed by atoms with Crippen LogP contribution in [0.5, 0.6) is 0 Å². The number of rotatable bonds is 3. The number of amides is 1. The number of nitrogens with one attached hydrogen (secondary N) is 1. The zero-order chi connectivity index (χ0) is 13.1. The van der Waals surface area contributed by atoms with E-state index in [-0.39, 0.29) is 5.91 Å². The van der Waals surface area contributed by atoms with E-state index in [1.54, 1.807) is 10.9 Å². The first kappa shape index (κ1) is 12.7. The Morgan fingerprint density at radius 3 is 2.84 bits per heavy atom. The van der Waals surface area contributed by atoms with Crippen LogP contribution < -0.4 is 5.32 Å². The van der Waals surface area contributed by atoms with E-state index in [1.165, 1.54) is 54.8 Å². The molecule has 7 heteroatoms. The van der Waals surface area contributed by atoms with E-state index in [4.69, 9.17) is 0 Å². The van der Waals surface area contributed by atoms with Gasteiger partial charge in [0.05, 0.1) is 5.51 Å². The first-order chi connectivity index (χ1) is 9.33. The largest absolute Gasteiger partial charge is 0.295 e. The molecule has 2 aromatic heterocycles. The van der Waals surface area contributed by atoms with E-state index in [2.05, 4.69) is 20.5 Å². The highest BCUT2D eigenvalue weighted by atomic mass is 32.1. The molecular weight excluding hydrogens is 280 g/mol. The summed E-state index contributed by atoms with van der Waals surface area (Å²) in [6.07, 6.45) is 6.24. The fourth-order valence-electron chi connectivity index (χ4n) is 2.29. The number of carbonyl (C=O) groups excluding carboxylic acids is 1. The Morgan fingerprint density at radius 1 is 1.26 bits per heavy atom. The molecule has 2 heterocycles. The Hall–Kier alpha value is -1.34. The van der Waals surface area contributed by atoms with E-state index in [9.17, 15) is 4.79 Å². The van der Waals surface area contributed by atoms with Crippen LogP contribution in [0.15, 0.2) is 10.9 Å². The number of aromatic nitrogens is 3. The maximum absolute atomic E-state index is 11.8. The first-order valence-electron chi connectivity index (χ1n) is 6.36. The van der Waals surface area contributed by atoms with Crippen molar-refractivity contribution >= 4 is 33.7 Å². The number of hydrogen-bond acceptors (Lipinski definition) is 6. The standard InChI is InChI=1S/C12H14N4OS2/c17-10(9-6-18-7-13-9)14-12-16-15-11(19-12)8-4-2-1-3-5-8/h6-8H,1-5H2,(H,14,16,17). The minimum absolute atomic E-state index is 0.215. The second-order valence-corrected chi connectivity index (χ2v) is 6.34. The summed E-state index contributed by atoms with van der Waals surface area (Å²) in [6.45, 7) is 0. The van der Waals surface area contributed by atoms with Gasteiger partial charge in [-0.25, -0.2) is 4.98 Å². The highest BCUT2D eigenvalue weighted by molar-refractivity contribution is 7.15. The van der Waals surface area contributed by atoms with Crippen molar-refractivity contribution in [3.8, 4) is 0 Å². The van der Waals surface area contributed by atoms with Gasteiger partial charge in [-0.3, -0.25) is 10.1 Å². The van der Waals surface area contributed by atoms with Crippen LogP contribution in [0, 0.1) is 0 Å². The number of anilines is 1. The van der Waals surface area contributed by atoms with Gasteiger partial charge in [-0.05, 0) is 12.8 Å². The summed E-state index contributed by atoms with van der Waals surface area (Å²) in [6, 6.07) is 0. The van der Waals surface area contributed by atoms with Crippen LogP contribution in [0.4, 0.5) is 5.13 Å². The third-order valence-electron chi connectivity index (χ3n) is 3.28. The Labute approximate surface area is 119 Å². The van der Waals surface area contributed by atoms with Crippen LogP contribution in [0.3, 0.4) is 0 Å². The summed E-state index contributed by atoms with van der Waals surface area (Å²) in [5.74, 6) is 0.309. The van der Waals surface area contributed by atoms with Gasteiger partial charge in [0.2, 0.25) is 5.13 Å². The lowest BCUT2D eigenvalue weighted by molar-refractivity contribution is 0.102. The minimum atomic E-state index is -0.215. The van der Waals surface area contributed by atoms with Crippen molar-refractivity contribution < 1.29 is 4.79 Å². The smallest absolute Gasteiger partial charge is 0.276 e. The van der Waals surface area contributed by atoms with Crippen molar-refractivity contribution in [1.29, 1.82) is 0 Å². The topological polar surface area (TPSA) is 67.8 Å². The molecule has 0 atom stereocenters. The van der Waals surface area contributed by atoms with Crippen molar-refractivity contribution in [2.45, 2.75) is 38.0 Å². The molecule has 0 saturated heterocycles. The third-order valence-corrected chi connectivity index (χ3v) is 4.87. The summed E-state index contributed by atoms with van der Waals surface area (Å²) in [4.78, 5) is 15.8. The Morgan fingerprint density at radius 2 is 2.11 bits per heavy atom. The van der Waals surface area contributed by atoms with Crippen molar-refractivity contribution in [3.63, 3.8) is 0 Å².